The van der Waals surface area contributed by atoms with Gasteiger partial charge in [-0.05, 0) is 119 Å². The highest BCUT2D eigenvalue weighted by Gasteiger charge is 2.21. The molecule has 0 bridgehead atoms. The Hall–Kier alpha value is -7.43. The maximum absolute atomic E-state index is 5.13. The molecule has 0 saturated heterocycles. The molecule has 0 saturated carbocycles. The molecule has 0 amide bonds. The fourth-order valence-electron chi connectivity index (χ4n) is 8.47. The second-order valence-electron chi connectivity index (χ2n) is 14.1. The van der Waals surface area contributed by atoms with Crippen molar-refractivity contribution in [2.24, 2.45) is 0 Å². The van der Waals surface area contributed by atoms with Crippen molar-refractivity contribution in [3.05, 3.63) is 194 Å². The van der Waals surface area contributed by atoms with Gasteiger partial charge in [-0.3, -0.25) is 4.98 Å². The second-order valence-corrected chi connectivity index (χ2v) is 14.1. The lowest BCUT2D eigenvalue weighted by atomic mass is 9.84. The smallest absolute Gasteiger partial charge is 0.121 e. The zero-order valence-corrected chi connectivity index (χ0v) is 29.8. The van der Waals surface area contributed by atoms with Crippen LogP contribution in [0.4, 0.5) is 0 Å². The molecule has 0 N–H and O–H groups in total. The van der Waals surface area contributed by atoms with Crippen LogP contribution in [0.25, 0.3) is 104 Å². The molecule has 11 rings (SSSR count). The van der Waals surface area contributed by atoms with E-state index in [0.717, 1.165) is 44.2 Å². The summed E-state index contributed by atoms with van der Waals surface area (Å²) in [6.07, 6.45) is 3.64. The van der Waals surface area contributed by atoms with Gasteiger partial charge in [-0.25, -0.2) is 0 Å². The molecule has 2 heterocycles. The van der Waals surface area contributed by atoms with E-state index < -0.39 is 0 Å². The summed E-state index contributed by atoms with van der Waals surface area (Å²) in [5.74, 6) is 0. The number of benzene rings is 9. The Labute approximate surface area is 317 Å². The van der Waals surface area contributed by atoms with Crippen LogP contribution in [0.3, 0.4) is 0 Å². The lowest BCUT2D eigenvalue weighted by Gasteiger charge is -2.19. The first-order chi connectivity index (χ1) is 27.3. The lowest BCUT2D eigenvalue weighted by Crippen LogP contribution is -1.98. The van der Waals surface area contributed by atoms with Crippen molar-refractivity contribution in [3.63, 3.8) is 0 Å². The molecule has 256 valence electrons. The fraction of sp³-hybridized carbons (Fsp3) is 0. The summed E-state index contributed by atoms with van der Waals surface area (Å²) in [5.41, 5.74) is 12.0. The molecule has 0 spiro atoms. The van der Waals surface area contributed by atoms with Gasteiger partial charge >= 0.3 is 0 Å². The summed E-state index contributed by atoms with van der Waals surface area (Å²) in [6.45, 7) is 0. The minimum atomic E-state index is 0.850. The second kappa shape index (κ2) is 12.6. The van der Waals surface area contributed by atoms with Gasteiger partial charge in [-0.1, -0.05) is 146 Å². The van der Waals surface area contributed by atoms with Gasteiger partial charge < -0.3 is 0 Å². The van der Waals surface area contributed by atoms with E-state index in [-0.39, 0.29) is 0 Å². The molecule has 0 atom stereocenters. The van der Waals surface area contributed by atoms with Crippen LogP contribution < -0.4 is 0 Å². The summed E-state index contributed by atoms with van der Waals surface area (Å²) in [7, 11) is 0. The number of hydrogen-bond acceptors (Lipinski definition) is 3. The first-order valence-electron chi connectivity index (χ1n) is 18.6. The maximum Gasteiger partial charge on any atom is 0.121 e. The van der Waals surface area contributed by atoms with E-state index in [1.165, 1.54) is 60.1 Å². The summed E-state index contributed by atoms with van der Waals surface area (Å²) >= 11 is 0. The van der Waals surface area contributed by atoms with Gasteiger partial charge in [0.2, 0.25) is 0 Å². The zero-order valence-electron chi connectivity index (χ0n) is 29.8. The van der Waals surface area contributed by atoms with Gasteiger partial charge in [0.05, 0.1) is 5.69 Å². The molecule has 4 nitrogen and oxygen atoms in total. The van der Waals surface area contributed by atoms with E-state index in [1.54, 1.807) is 4.80 Å². The van der Waals surface area contributed by atoms with E-state index in [2.05, 4.69) is 175 Å². The number of rotatable bonds is 5. The Bertz CT molecular complexity index is 3210. The molecule has 2 aromatic heterocycles. The Morgan fingerprint density at radius 2 is 0.927 bits per heavy atom. The van der Waals surface area contributed by atoms with Crippen LogP contribution in [0.5, 0.6) is 0 Å². The van der Waals surface area contributed by atoms with E-state index in [9.17, 15) is 0 Å². The summed E-state index contributed by atoms with van der Waals surface area (Å²) < 4.78 is 0. The topological polar surface area (TPSA) is 43.6 Å². The number of fused-ring (bicyclic) bond motifs is 6. The molecule has 0 aliphatic carbocycles. The fourth-order valence-corrected chi connectivity index (χ4v) is 8.47. The van der Waals surface area contributed by atoms with E-state index in [4.69, 9.17) is 10.2 Å². The molecule has 0 aliphatic heterocycles. The SMILES string of the molecule is c1cc(-c2cccc3ccccc23)cc(-c2c3ccccc3c(-c3cc4nn(-c5cccc(-c6ccncc6)c5)nc4c4ccccc34)c3ccccc23)c1. The lowest BCUT2D eigenvalue weighted by molar-refractivity contribution is 0.766. The van der Waals surface area contributed by atoms with E-state index in [0.29, 0.717) is 0 Å². The van der Waals surface area contributed by atoms with Crippen LogP contribution in [-0.2, 0) is 0 Å². The van der Waals surface area contributed by atoms with Gasteiger partial charge in [0.15, 0.2) is 0 Å². The van der Waals surface area contributed by atoms with Crippen molar-refractivity contribution in [2.75, 3.05) is 0 Å². The Balaban J connectivity index is 1.14. The summed E-state index contributed by atoms with van der Waals surface area (Å²) in [6, 6.07) is 65.2. The van der Waals surface area contributed by atoms with Crippen LogP contribution in [0, 0.1) is 0 Å². The monoisotopic (exact) mass is 700 g/mol. The van der Waals surface area contributed by atoms with E-state index in [1.807, 2.05) is 24.5 Å². The van der Waals surface area contributed by atoms with Gasteiger partial charge in [0, 0.05) is 17.8 Å². The molecule has 9 aromatic carbocycles. The first kappa shape index (κ1) is 31.1. The zero-order chi connectivity index (χ0) is 36.3. The molecular weight excluding hydrogens is 669 g/mol. The van der Waals surface area contributed by atoms with Crippen LogP contribution >= 0.6 is 0 Å². The molecule has 0 unspecified atom stereocenters. The third-order valence-corrected chi connectivity index (χ3v) is 10.9. The summed E-state index contributed by atoms with van der Waals surface area (Å²) in [4.78, 5) is 5.97. The van der Waals surface area contributed by atoms with Crippen molar-refractivity contribution in [1.82, 2.24) is 20.0 Å². The maximum atomic E-state index is 5.13. The normalized spacial score (nSPS) is 11.6. The number of pyridine rings is 1. The highest BCUT2D eigenvalue weighted by molar-refractivity contribution is 6.25. The van der Waals surface area contributed by atoms with Crippen molar-refractivity contribution in [3.8, 4) is 50.2 Å². The van der Waals surface area contributed by atoms with E-state index >= 15 is 0 Å². The molecular formula is C51H32N4. The average molecular weight is 701 g/mol. The minimum absolute atomic E-state index is 0.850. The first-order valence-corrected chi connectivity index (χ1v) is 18.6. The van der Waals surface area contributed by atoms with Crippen LogP contribution in [0.1, 0.15) is 0 Å². The van der Waals surface area contributed by atoms with Gasteiger partial charge in [0.1, 0.15) is 11.0 Å². The van der Waals surface area contributed by atoms with Gasteiger partial charge in [-0.15, -0.1) is 10.2 Å². The molecule has 0 fully saturated rings. The van der Waals surface area contributed by atoms with Gasteiger partial charge in [-0.2, -0.15) is 4.80 Å². The highest BCUT2D eigenvalue weighted by atomic mass is 15.5. The number of hydrogen-bond donors (Lipinski definition) is 0. The van der Waals surface area contributed by atoms with Crippen molar-refractivity contribution < 1.29 is 0 Å². The highest BCUT2D eigenvalue weighted by Crippen LogP contribution is 2.47. The largest absolute Gasteiger partial charge is 0.265 e. The van der Waals surface area contributed by atoms with Crippen LogP contribution in [0.2, 0.25) is 0 Å². The standard InChI is InChI=1S/C51H32N4/c1-2-18-39-34(12-1)13-11-25-40(39)36-15-9-16-37(30-36)49-42-20-4-6-22-44(42)50(45-23-7-5-21-43(45)49)47-32-48-51(46-24-8-3-19-41(46)47)54-55(53-48)38-17-10-14-35(31-38)33-26-28-52-29-27-33/h1-32H. The third-order valence-electron chi connectivity index (χ3n) is 10.9. The summed E-state index contributed by atoms with van der Waals surface area (Å²) in [5, 5.41) is 19.8. The van der Waals surface area contributed by atoms with Crippen molar-refractivity contribution >= 4 is 54.1 Å². The predicted molar refractivity (Wildman–Crippen MR) is 228 cm³/mol. The Morgan fingerprint density at radius 1 is 0.345 bits per heavy atom. The van der Waals surface area contributed by atoms with Crippen LogP contribution in [-0.4, -0.2) is 20.0 Å². The predicted octanol–water partition coefficient (Wildman–Crippen LogP) is 13.1. The Morgan fingerprint density at radius 3 is 1.69 bits per heavy atom. The average Bonchev–Trinajstić information content (AvgIpc) is 3.70. The molecule has 0 radical (unpaired) electrons. The quantitative estimate of drug-likeness (QED) is 0.168. The molecule has 4 heteroatoms. The Kier molecular flexibility index (Phi) is 7.14. The number of nitrogens with zero attached hydrogens (tertiary/aromatic N) is 4. The molecule has 55 heavy (non-hydrogen) atoms. The molecule has 0 aliphatic rings. The third kappa shape index (κ3) is 5.11. The van der Waals surface area contributed by atoms with Crippen LogP contribution in [0.15, 0.2) is 194 Å². The van der Waals surface area contributed by atoms with Crippen molar-refractivity contribution in [1.29, 1.82) is 0 Å². The van der Waals surface area contributed by atoms with Gasteiger partial charge in [0.25, 0.3) is 0 Å². The number of aromatic nitrogens is 4. The van der Waals surface area contributed by atoms with Crippen molar-refractivity contribution in [2.45, 2.75) is 0 Å². The minimum Gasteiger partial charge on any atom is -0.265 e. The molecule has 11 aromatic rings.